The van der Waals surface area contributed by atoms with Crippen LogP contribution < -0.4 is 22.5 Å². The van der Waals surface area contributed by atoms with Crippen LogP contribution in [0.1, 0.15) is 12.8 Å². The van der Waals surface area contributed by atoms with Crippen molar-refractivity contribution in [2.24, 2.45) is 27.2 Å². The zero-order valence-electron chi connectivity index (χ0n) is 11.5. The zero-order valence-corrected chi connectivity index (χ0v) is 11.5. The smallest absolute Gasteiger partial charge is 0.222 e. The molecule has 0 amide bonds. The molecule has 2 aliphatic rings. The molecule has 7 N–H and O–H groups in total. The normalized spacial score (nSPS) is 29.6. The number of nitrogens with zero attached hydrogens (tertiary/aromatic N) is 4. The van der Waals surface area contributed by atoms with Gasteiger partial charge < -0.3 is 26.6 Å². The summed E-state index contributed by atoms with van der Waals surface area (Å²) in [7, 11) is 2.15. The fraction of sp³-hybridized carbons (Fsp3) is 0.818. The van der Waals surface area contributed by atoms with Crippen molar-refractivity contribution in [2.75, 3.05) is 39.8 Å². The van der Waals surface area contributed by atoms with Crippen molar-refractivity contribution in [2.45, 2.75) is 18.6 Å². The molecule has 2 aliphatic heterocycles. The summed E-state index contributed by atoms with van der Waals surface area (Å²) in [6, 6.07) is 0. The summed E-state index contributed by atoms with van der Waals surface area (Å²) in [4.78, 5) is 12.7. The minimum Gasteiger partial charge on any atom is -0.369 e. The van der Waals surface area contributed by atoms with Crippen LogP contribution in [0.25, 0.3) is 0 Å². The third-order valence-corrected chi connectivity index (χ3v) is 3.52. The Morgan fingerprint density at radius 3 is 2.58 bits per heavy atom. The summed E-state index contributed by atoms with van der Waals surface area (Å²) in [5.41, 5.74) is 17.3. The molecule has 8 nitrogen and oxygen atoms in total. The first-order valence-electron chi connectivity index (χ1n) is 6.64. The van der Waals surface area contributed by atoms with E-state index < -0.39 is 5.79 Å². The Balaban J connectivity index is 1.75. The van der Waals surface area contributed by atoms with Crippen molar-refractivity contribution >= 4 is 11.9 Å². The van der Waals surface area contributed by atoms with Gasteiger partial charge in [0.25, 0.3) is 0 Å². The van der Waals surface area contributed by atoms with Gasteiger partial charge in [0, 0.05) is 32.6 Å². The van der Waals surface area contributed by atoms with E-state index in [1.807, 2.05) is 0 Å². The Morgan fingerprint density at radius 2 is 1.95 bits per heavy atom. The number of nitrogens with two attached hydrogens (primary N) is 3. The molecule has 0 aliphatic carbocycles. The number of nitrogens with one attached hydrogen (secondary N) is 1. The van der Waals surface area contributed by atoms with Gasteiger partial charge in [-0.3, -0.25) is 5.73 Å². The maximum absolute atomic E-state index is 6.11. The molecular weight excluding hydrogens is 244 g/mol. The molecule has 8 heteroatoms. The minimum absolute atomic E-state index is 0.137. The predicted molar refractivity (Wildman–Crippen MR) is 76.5 cm³/mol. The van der Waals surface area contributed by atoms with Crippen LogP contribution in [0.5, 0.6) is 0 Å². The highest BCUT2D eigenvalue weighted by Crippen LogP contribution is 2.12. The molecule has 0 aromatic rings. The number of guanidine groups is 2. The van der Waals surface area contributed by atoms with E-state index in [0.717, 1.165) is 39.1 Å². The average molecular weight is 268 g/mol. The summed E-state index contributed by atoms with van der Waals surface area (Å²) in [5, 5.41) is 2.88. The summed E-state index contributed by atoms with van der Waals surface area (Å²) < 4.78 is 0. The molecule has 1 saturated heterocycles. The van der Waals surface area contributed by atoms with Crippen LogP contribution >= 0.6 is 0 Å². The van der Waals surface area contributed by atoms with Crippen LogP contribution in [-0.4, -0.2) is 67.3 Å². The largest absolute Gasteiger partial charge is 0.369 e. The van der Waals surface area contributed by atoms with Gasteiger partial charge in [-0.25, -0.2) is 4.99 Å². The number of aliphatic imine (C=N–C) groups is 2. The lowest BCUT2D eigenvalue weighted by atomic mass is 10.1. The molecule has 1 atom stereocenters. The number of rotatable bonds is 4. The van der Waals surface area contributed by atoms with Crippen molar-refractivity contribution in [3.05, 3.63) is 0 Å². The van der Waals surface area contributed by atoms with E-state index in [9.17, 15) is 0 Å². The van der Waals surface area contributed by atoms with E-state index in [-0.39, 0.29) is 11.9 Å². The number of piperazine rings is 1. The van der Waals surface area contributed by atoms with Crippen molar-refractivity contribution in [1.29, 1.82) is 0 Å². The Morgan fingerprint density at radius 1 is 1.26 bits per heavy atom. The quantitative estimate of drug-likeness (QED) is 0.461. The number of hydrogen-bond donors (Lipinski definition) is 4. The molecular formula is C11H24N8. The molecule has 0 saturated carbocycles. The van der Waals surface area contributed by atoms with Gasteiger partial charge in [0.15, 0.2) is 11.7 Å². The van der Waals surface area contributed by atoms with Gasteiger partial charge in [0.2, 0.25) is 5.96 Å². The first-order valence-corrected chi connectivity index (χ1v) is 6.64. The summed E-state index contributed by atoms with van der Waals surface area (Å²) in [5.74, 6) is -0.546. The van der Waals surface area contributed by atoms with Gasteiger partial charge in [-0.1, -0.05) is 0 Å². The second-order valence-corrected chi connectivity index (χ2v) is 5.26. The maximum atomic E-state index is 6.11. The van der Waals surface area contributed by atoms with E-state index in [0.29, 0.717) is 6.42 Å². The highest BCUT2D eigenvalue weighted by atomic mass is 15.4. The third-order valence-electron chi connectivity index (χ3n) is 3.52. The summed E-state index contributed by atoms with van der Waals surface area (Å²) in [6.07, 6.45) is 1.62. The number of likely N-dealkylation sites (N-methyl/N-ethyl adjacent to an activating group) is 1. The highest BCUT2D eigenvalue weighted by molar-refractivity contribution is 5.95. The van der Waals surface area contributed by atoms with Gasteiger partial charge in [-0.2, -0.15) is 4.99 Å². The van der Waals surface area contributed by atoms with Crippen molar-refractivity contribution in [3.8, 4) is 0 Å². The lowest BCUT2D eigenvalue weighted by Crippen LogP contribution is -2.60. The summed E-state index contributed by atoms with van der Waals surface area (Å²) in [6.45, 7) is 5.47. The van der Waals surface area contributed by atoms with E-state index in [1.165, 1.54) is 0 Å². The van der Waals surface area contributed by atoms with Gasteiger partial charge in [0.1, 0.15) is 0 Å². The third kappa shape index (κ3) is 4.05. The Kier molecular flexibility index (Phi) is 4.23. The van der Waals surface area contributed by atoms with E-state index in [1.54, 1.807) is 0 Å². The van der Waals surface area contributed by atoms with Crippen LogP contribution in [0.4, 0.5) is 0 Å². The highest BCUT2D eigenvalue weighted by Gasteiger charge is 2.28. The average Bonchev–Trinajstić information content (AvgIpc) is 2.29. The van der Waals surface area contributed by atoms with Crippen LogP contribution in [-0.2, 0) is 0 Å². The molecule has 0 bridgehead atoms. The van der Waals surface area contributed by atoms with E-state index in [2.05, 4.69) is 32.1 Å². The molecule has 0 aromatic heterocycles. The molecule has 0 aromatic carbocycles. The molecule has 2 rings (SSSR count). The van der Waals surface area contributed by atoms with E-state index >= 15 is 0 Å². The second kappa shape index (κ2) is 5.72. The van der Waals surface area contributed by atoms with Gasteiger partial charge >= 0.3 is 0 Å². The van der Waals surface area contributed by atoms with Crippen LogP contribution in [0.3, 0.4) is 0 Å². The topological polar surface area (TPSA) is 121 Å². The minimum atomic E-state index is -0.914. The monoisotopic (exact) mass is 268 g/mol. The van der Waals surface area contributed by atoms with Crippen LogP contribution in [0, 0.1) is 0 Å². The molecule has 0 radical (unpaired) electrons. The SMILES string of the molecule is CN1CCN(CCCC2(N)N=C(N)N=C(N)N2)CC1. The zero-order chi connectivity index (χ0) is 13.9. The second-order valence-electron chi connectivity index (χ2n) is 5.26. The molecule has 1 fully saturated rings. The maximum Gasteiger partial charge on any atom is 0.222 e. The fourth-order valence-electron chi connectivity index (χ4n) is 2.39. The lowest BCUT2D eigenvalue weighted by Gasteiger charge is -2.34. The van der Waals surface area contributed by atoms with Gasteiger partial charge in [-0.05, 0) is 20.0 Å². The predicted octanol–water partition coefficient (Wildman–Crippen LogP) is -2.14. The number of hydrogen-bond acceptors (Lipinski definition) is 8. The van der Waals surface area contributed by atoms with Gasteiger partial charge in [0.05, 0.1) is 0 Å². The first kappa shape index (κ1) is 14.0. The Bertz CT molecular complexity index is 371. The standard InChI is InChI=1S/C11H24N8/c1-18-5-7-19(8-6-18)4-2-3-11(14)16-9(12)15-10(13)17-11/h2-8,14H2,1H3,(H5,12,13,15,16,17). The fourth-order valence-corrected chi connectivity index (χ4v) is 2.39. The lowest BCUT2D eigenvalue weighted by molar-refractivity contribution is 0.148. The first-order chi connectivity index (χ1) is 8.97. The van der Waals surface area contributed by atoms with Crippen molar-refractivity contribution < 1.29 is 0 Å². The Hall–Kier alpha value is -1.38. The Labute approximate surface area is 113 Å². The summed E-state index contributed by atoms with van der Waals surface area (Å²) >= 11 is 0. The van der Waals surface area contributed by atoms with Crippen molar-refractivity contribution in [1.82, 2.24) is 15.1 Å². The van der Waals surface area contributed by atoms with Crippen LogP contribution in [0.2, 0.25) is 0 Å². The molecule has 2 heterocycles. The van der Waals surface area contributed by atoms with Gasteiger partial charge in [-0.15, -0.1) is 0 Å². The molecule has 108 valence electrons. The molecule has 1 unspecified atom stereocenters. The molecule has 19 heavy (non-hydrogen) atoms. The molecule has 0 spiro atoms. The van der Waals surface area contributed by atoms with Crippen LogP contribution in [0.15, 0.2) is 9.98 Å². The van der Waals surface area contributed by atoms with E-state index in [4.69, 9.17) is 17.2 Å². The van der Waals surface area contributed by atoms with Crippen molar-refractivity contribution in [3.63, 3.8) is 0 Å².